The molecule has 0 aromatic heterocycles. The second-order valence-corrected chi connectivity index (χ2v) is 4.47. The van der Waals surface area contributed by atoms with E-state index in [4.69, 9.17) is 9.84 Å². The predicted octanol–water partition coefficient (Wildman–Crippen LogP) is 2.84. The number of carbonyl (C=O) groups is 2. The van der Waals surface area contributed by atoms with E-state index < -0.39 is 11.8 Å². The Morgan fingerprint density at radius 3 is 2.57 bits per heavy atom. The van der Waals surface area contributed by atoms with Gasteiger partial charge < -0.3 is 9.84 Å². The first-order chi connectivity index (χ1) is 10.1. The zero-order chi connectivity index (χ0) is 15.2. The molecule has 108 valence electrons. The van der Waals surface area contributed by atoms with Crippen molar-refractivity contribution in [2.24, 2.45) is 0 Å². The van der Waals surface area contributed by atoms with Gasteiger partial charge in [-0.2, -0.15) is 0 Å². The molecule has 0 unspecified atom stereocenters. The van der Waals surface area contributed by atoms with E-state index in [9.17, 15) is 14.0 Å². The highest BCUT2D eigenvalue weighted by atomic mass is 19.1. The molecule has 0 amide bonds. The zero-order valence-electron chi connectivity index (χ0n) is 11.1. The van der Waals surface area contributed by atoms with Crippen LogP contribution in [0, 0.1) is 5.82 Å². The number of halogens is 1. The van der Waals surface area contributed by atoms with Crippen LogP contribution in [-0.4, -0.2) is 17.4 Å². The van der Waals surface area contributed by atoms with Gasteiger partial charge in [0.25, 0.3) is 0 Å². The number of ether oxygens (including phenoxy) is 1. The minimum absolute atomic E-state index is 0.102. The van der Waals surface area contributed by atoms with E-state index in [0.29, 0.717) is 17.4 Å². The van der Waals surface area contributed by atoms with Gasteiger partial charge in [-0.15, -0.1) is 0 Å². The topological polar surface area (TPSA) is 63.6 Å². The maximum atomic E-state index is 13.3. The summed E-state index contributed by atoms with van der Waals surface area (Å²) in [4.78, 5) is 21.5. The second kappa shape index (κ2) is 6.65. The van der Waals surface area contributed by atoms with Crippen molar-refractivity contribution < 1.29 is 23.8 Å². The fourth-order valence-corrected chi connectivity index (χ4v) is 1.93. The highest BCUT2D eigenvalue weighted by Gasteiger charge is 2.08. The molecule has 0 aliphatic heterocycles. The molecule has 5 heteroatoms. The maximum Gasteiger partial charge on any atom is 0.307 e. The quantitative estimate of drug-likeness (QED) is 0.830. The third-order valence-electron chi connectivity index (χ3n) is 2.88. The number of hydrogen-bond acceptors (Lipinski definition) is 3. The third kappa shape index (κ3) is 4.14. The van der Waals surface area contributed by atoms with Crippen molar-refractivity contribution >= 4 is 12.3 Å². The lowest BCUT2D eigenvalue weighted by molar-refractivity contribution is -0.136. The summed E-state index contributed by atoms with van der Waals surface area (Å²) in [5, 5.41) is 8.85. The number of carboxylic acid groups (broad SMARTS) is 1. The molecule has 2 aromatic rings. The molecule has 4 nitrogen and oxygen atoms in total. The summed E-state index contributed by atoms with van der Waals surface area (Å²) < 4.78 is 18.7. The first-order valence-corrected chi connectivity index (χ1v) is 6.25. The smallest absolute Gasteiger partial charge is 0.307 e. The van der Waals surface area contributed by atoms with Crippen molar-refractivity contribution in [1.82, 2.24) is 0 Å². The number of benzene rings is 2. The van der Waals surface area contributed by atoms with Gasteiger partial charge in [0.15, 0.2) is 0 Å². The van der Waals surface area contributed by atoms with Crippen molar-refractivity contribution in [2.75, 3.05) is 0 Å². The normalized spacial score (nSPS) is 10.1. The summed E-state index contributed by atoms with van der Waals surface area (Å²) >= 11 is 0. The maximum absolute atomic E-state index is 13.3. The van der Waals surface area contributed by atoms with E-state index in [1.54, 1.807) is 24.3 Å². The van der Waals surface area contributed by atoms with Gasteiger partial charge in [0, 0.05) is 11.6 Å². The molecule has 0 atom stereocenters. The Hall–Kier alpha value is -2.69. The molecule has 0 saturated heterocycles. The van der Waals surface area contributed by atoms with E-state index in [1.165, 1.54) is 12.1 Å². The van der Waals surface area contributed by atoms with E-state index in [1.807, 2.05) is 0 Å². The minimum atomic E-state index is -0.934. The minimum Gasteiger partial charge on any atom is -0.489 e. The van der Waals surface area contributed by atoms with Crippen LogP contribution in [0.2, 0.25) is 0 Å². The lowest BCUT2D eigenvalue weighted by Crippen LogP contribution is -2.06. The van der Waals surface area contributed by atoms with Crippen LogP contribution in [-0.2, 0) is 17.8 Å². The molecular formula is C16H13FO4. The summed E-state index contributed by atoms with van der Waals surface area (Å²) in [5.74, 6) is -1.27. The molecule has 0 saturated carbocycles. The molecule has 0 heterocycles. The van der Waals surface area contributed by atoms with Gasteiger partial charge in [-0.25, -0.2) is 4.39 Å². The van der Waals surface area contributed by atoms with E-state index >= 15 is 0 Å². The van der Waals surface area contributed by atoms with Crippen molar-refractivity contribution in [3.63, 3.8) is 0 Å². The van der Waals surface area contributed by atoms with Crippen LogP contribution in [0.4, 0.5) is 4.39 Å². The standard InChI is InChI=1S/C16H13FO4/c17-14-5-11(9-18)6-15(8-14)21-10-13-4-2-1-3-12(13)7-16(19)20/h1-6,8-9H,7,10H2,(H,19,20). The van der Waals surface area contributed by atoms with Crippen LogP contribution < -0.4 is 4.74 Å². The lowest BCUT2D eigenvalue weighted by atomic mass is 10.1. The number of hydrogen-bond donors (Lipinski definition) is 1. The van der Waals surface area contributed by atoms with Gasteiger partial charge in [0.2, 0.25) is 0 Å². The van der Waals surface area contributed by atoms with E-state index in [2.05, 4.69) is 0 Å². The van der Waals surface area contributed by atoms with Gasteiger partial charge in [-0.05, 0) is 23.3 Å². The molecule has 1 N–H and O–H groups in total. The Morgan fingerprint density at radius 2 is 1.90 bits per heavy atom. The largest absolute Gasteiger partial charge is 0.489 e. The van der Waals surface area contributed by atoms with Gasteiger partial charge in [0.1, 0.15) is 24.5 Å². The van der Waals surface area contributed by atoms with Gasteiger partial charge >= 0.3 is 5.97 Å². The summed E-state index contributed by atoms with van der Waals surface area (Å²) in [5.41, 5.74) is 1.53. The Bertz CT molecular complexity index is 667. The number of rotatable bonds is 6. The first-order valence-electron chi connectivity index (χ1n) is 6.25. The molecular weight excluding hydrogens is 275 g/mol. The highest BCUT2D eigenvalue weighted by Crippen LogP contribution is 2.18. The average Bonchev–Trinajstić information content (AvgIpc) is 2.45. The van der Waals surface area contributed by atoms with Crippen LogP contribution >= 0.6 is 0 Å². The molecule has 2 rings (SSSR count). The number of carbonyl (C=O) groups excluding carboxylic acids is 1. The van der Waals surface area contributed by atoms with Crippen LogP contribution in [0.3, 0.4) is 0 Å². The van der Waals surface area contributed by atoms with Crippen molar-refractivity contribution in [3.8, 4) is 5.75 Å². The van der Waals surface area contributed by atoms with Crippen LogP contribution in [0.25, 0.3) is 0 Å². The molecule has 0 radical (unpaired) electrons. The zero-order valence-corrected chi connectivity index (χ0v) is 11.1. The summed E-state index contributed by atoms with van der Waals surface area (Å²) in [6, 6.07) is 10.7. The monoisotopic (exact) mass is 288 g/mol. The lowest BCUT2D eigenvalue weighted by Gasteiger charge is -2.10. The summed E-state index contributed by atoms with van der Waals surface area (Å²) in [7, 11) is 0. The SMILES string of the molecule is O=Cc1cc(F)cc(OCc2ccccc2CC(=O)O)c1. The first kappa shape index (κ1) is 14.7. The van der Waals surface area contributed by atoms with Crippen LogP contribution in [0.15, 0.2) is 42.5 Å². The molecule has 0 bridgehead atoms. The van der Waals surface area contributed by atoms with Gasteiger partial charge in [-0.1, -0.05) is 24.3 Å². The fourth-order valence-electron chi connectivity index (χ4n) is 1.93. The third-order valence-corrected chi connectivity index (χ3v) is 2.88. The summed E-state index contributed by atoms with van der Waals surface area (Å²) in [6.45, 7) is 0.102. The highest BCUT2D eigenvalue weighted by molar-refractivity contribution is 5.75. The molecule has 21 heavy (non-hydrogen) atoms. The Kier molecular flexibility index (Phi) is 4.66. The average molecular weight is 288 g/mol. The second-order valence-electron chi connectivity index (χ2n) is 4.47. The number of carboxylic acids is 1. The fraction of sp³-hybridized carbons (Fsp3) is 0.125. The number of aldehydes is 1. The van der Waals surface area contributed by atoms with Crippen LogP contribution in [0.1, 0.15) is 21.5 Å². The molecule has 2 aromatic carbocycles. The Labute approximate surface area is 120 Å². The van der Waals surface area contributed by atoms with Gasteiger partial charge in [0.05, 0.1) is 6.42 Å². The Balaban J connectivity index is 2.14. The molecule has 0 aliphatic rings. The number of aliphatic carboxylic acids is 1. The van der Waals surface area contributed by atoms with Gasteiger partial charge in [-0.3, -0.25) is 9.59 Å². The molecule has 0 aliphatic carbocycles. The molecule has 0 spiro atoms. The van der Waals surface area contributed by atoms with Crippen molar-refractivity contribution in [3.05, 3.63) is 65.0 Å². The van der Waals surface area contributed by atoms with Crippen molar-refractivity contribution in [1.29, 1.82) is 0 Å². The molecule has 0 fully saturated rings. The summed E-state index contributed by atoms with van der Waals surface area (Å²) in [6.07, 6.45) is 0.427. The van der Waals surface area contributed by atoms with E-state index in [0.717, 1.165) is 6.07 Å². The van der Waals surface area contributed by atoms with Crippen molar-refractivity contribution in [2.45, 2.75) is 13.0 Å². The van der Waals surface area contributed by atoms with E-state index in [-0.39, 0.29) is 24.3 Å². The Morgan fingerprint density at radius 1 is 1.19 bits per heavy atom. The van der Waals surface area contributed by atoms with Crippen LogP contribution in [0.5, 0.6) is 5.75 Å². The predicted molar refractivity (Wildman–Crippen MR) is 73.9 cm³/mol.